The number of nitrogens with two attached hydrogens (primary N) is 3. The van der Waals surface area contributed by atoms with Crippen LogP contribution < -0.4 is 17.2 Å². The van der Waals surface area contributed by atoms with E-state index in [1.54, 1.807) is 6.07 Å². The number of anilines is 1. The Balaban J connectivity index is 0.00000169. The first kappa shape index (κ1) is 13.0. The van der Waals surface area contributed by atoms with Crippen LogP contribution in [-0.2, 0) is 0 Å². The van der Waals surface area contributed by atoms with E-state index in [4.69, 9.17) is 17.2 Å². The average Bonchev–Trinajstić information content (AvgIpc) is 2.12. The second kappa shape index (κ2) is 5.05. The summed E-state index contributed by atoms with van der Waals surface area (Å²) in [6, 6.07) is 3.11. The van der Waals surface area contributed by atoms with Gasteiger partial charge in [0.1, 0.15) is 5.75 Å². The van der Waals surface area contributed by atoms with Crippen LogP contribution in [0.2, 0.25) is 0 Å². The van der Waals surface area contributed by atoms with Crippen molar-refractivity contribution in [2.75, 3.05) is 12.3 Å². The predicted octanol–water partition coefficient (Wildman–Crippen LogP) is 0.663. The number of halogens is 1. The smallest absolute Gasteiger partial charge is 0.143 e. The predicted molar refractivity (Wildman–Crippen MR) is 60.5 cm³/mol. The molecule has 1 aromatic carbocycles. The highest BCUT2D eigenvalue weighted by Gasteiger charge is 2.13. The maximum Gasteiger partial charge on any atom is 0.143 e. The SMILES string of the molecule is Cc1ccc(N)c(O)c1[C@@H](N)CN.Cl. The highest BCUT2D eigenvalue weighted by molar-refractivity contribution is 5.85. The maximum absolute atomic E-state index is 9.62. The molecule has 0 aliphatic rings. The molecular weight excluding hydrogens is 202 g/mol. The molecule has 7 N–H and O–H groups in total. The maximum atomic E-state index is 9.62. The zero-order valence-electron chi connectivity index (χ0n) is 8.03. The van der Waals surface area contributed by atoms with Gasteiger partial charge in [0.05, 0.1) is 5.69 Å². The zero-order valence-corrected chi connectivity index (χ0v) is 8.84. The van der Waals surface area contributed by atoms with Gasteiger partial charge in [-0.15, -0.1) is 12.4 Å². The summed E-state index contributed by atoms with van der Waals surface area (Å²) in [6.45, 7) is 2.15. The number of nitrogen functional groups attached to an aromatic ring is 1. The average molecular weight is 218 g/mol. The first-order chi connectivity index (χ1) is 6.07. The molecule has 0 saturated heterocycles. The molecule has 0 spiro atoms. The van der Waals surface area contributed by atoms with Gasteiger partial charge in [-0.25, -0.2) is 0 Å². The second-order valence-electron chi connectivity index (χ2n) is 3.08. The van der Waals surface area contributed by atoms with Crippen LogP contribution in [-0.4, -0.2) is 11.7 Å². The zero-order chi connectivity index (χ0) is 10.0. The van der Waals surface area contributed by atoms with E-state index in [0.29, 0.717) is 11.3 Å². The monoisotopic (exact) mass is 217 g/mol. The molecule has 0 fully saturated rings. The third-order valence-electron chi connectivity index (χ3n) is 2.09. The fourth-order valence-corrected chi connectivity index (χ4v) is 1.31. The quantitative estimate of drug-likeness (QED) is 0.432. The van der Waals surface area contributed by atoms with Crippen molar-refractivity contribution in [2.45, 2.75) is 13.0 Å². The molecule has 0 aliphatic heterocycles. The number of hydrogen-bond donors (Lipinski definition) is 4. The Morgan fingerprint density at radius 2 is 2.00 bits per heavy atom. The van der Waals surface area contributed by atoms with Crippen LogP contribution >= 0.6 is 12.4 Å². The highest BCUT2D eigenvalue weighted by Crippen LogP contribution is 2.31. The van der Waals surface area contributed by atoms with Gasteiger partial charge in [-0.05, 0) is 18.6 Å². The molecule has 1 rings (SSSR count). The van der Waals surface area contributed by atoms with Crippen LogP contribution in [0.5, 0.6) is 5.75 Å². The largest absolute Gasteiger partial charge is 0.505 e. The number of aromatic hydroxyl groups is 1. The van der Waals surface area contributed by atoms with Gasteiger partial charge in [-0.2, -0.15) is 0 Å². The van der Waals surface area contributed by atoms with Crippen molar-refractivity contribution in [3.05, 3.63) is 23.3 Å². The molecule has 0 aromatic heterocycles. The number of aryl methyl sites for hydroxylation is 1. The highest BCUT2D eigenvalue weighted by atomic mass is 35.5. The van der Waals surface area contributed by atoms with Crippen LogP contribution in [0.15, 0.2) is 12.1 Å². The molecule has 80 valence electrons. The van der Waals surface area contributed by atoms with Crippen molar-refractivity contribution in [3.63, 3.8) is 0 Å². The van der Waals surface area contributed by atoms with Crippen LogP contribution in [0.3, 0.4) is 0 Å². The summed E-state index contributed by atoms with van der Waals surface area (Å²) in [6.07, 6.45) is 0. The fourth-order valence-electron chi connectivity index (χ4n) is 1.31. The first-order valence-corrected chi connectivity index (χ1v) is 4.11. The summed E-state index contributed by atoms with van der Waals surface area (Å²) in [5, 5.41) is 9.62. The molecule has 0 aliphatic carbocycles. The third-order valence-corrected chi connectivity index (χ3v) is 2.09. The Morgan fingerprint density at radius 1 is 1.43 bits per heavy atom. The molecule has 1 atom stereocenters. The lowest BCUT2D eigenvalue weighted by Crippen LogP contribution is -2.22. The van der Waals surface area contributed by atoms with Gasteiger partial charge in [0, 0.05) is 18.2 Å². The second-order valence-corrected chi connectivity index (χ2v) is 3.08. The molecule has 0 amide bonds. The van der Waals surface area contributed by atoms with Gasteiger partial charge in [0.15, 0.2) is 0 Å². The minimum Gasteiger partial charge on any atom is -0.505 e. The minimum absolute atomic E-state index is 0. The van der Waals surface area contributed by atoms with Crippen molar-refractivity contribution < 1.29 is 5.11 Å². The van der Waals surface area contributed by atoms with E-state index in [-0.39, 0.29) is 30.7 Å². The van der Waals surface area contributed by atoms with E-state index in [1.165, 1.54) is 0 Å². The van der Waals surface area contributed by atoms with Crippen LogP contribution in [0.25, 0.3) is 0 Å². The first-order valence-electron chi connectivity index (χ1n) is 4.11. The minimum atomic E-state index is -0.358. The Bertz CT molecular complexity index is 317. The van der Waals surface area contributed by atoms with Crippen molar-refractivity contribution in [2.24, 2.45) is 11.5 Å². The lowest BCUT2D eigenvalue weighted by atomic mass is 10.00. The van der Waals surface area contributed by atoms with Crippen molar-refractivity contribution in [1.82, 2.24) is 0 Å². The van der Waals surface area contributed by atoms with Crippen molar-refractivity contribution in [1.29, 1.82) is 0 Å². The Morgan fingerprint density at radius 3 is 2.50 bits per heavy atom. The molecule has 0 heterocycles. The fraction of sp³-hybridized carbons (Fsp3) is 0.333. The lowest BCUT2D eigenvalue weighted by molar-refractivity contribution is 0.464. The molecule has 0 saturated carbocycles. The van der Waals surface area contributed by atoms with Crippen LogP contribution in [0.1, 0.15) is 17.2 Å². The Hall–Kier alpha value is -0.970. The van der Waals surface area contributed by atoms with Gasteiger partial charge in [-0.1, -0.05) is 6.07 Å². The Labute approximate surface area is 89.5 Å². The summed E-state index contributed by atoms with van der Waals surface area (Å²) in [5.74, 6) is 0.0537. The summed E-state index contributed by atoms with van der Waals surface area (Å²) >= 11 is 0. The molecule has 14 heavy (non-hydrogen) atoms. The molecule has 5 heteroatoms. The van der Waals surface area contributed by atoms with E-state index in [9.17, 15) is 5.11 Å². The topological polar surface area (TPSA) is 98.3 Å². The molecule has 4 nitrogen and oxygen atoms in total. The standard InChI is InChI=1S/C9H15N3O.ClH/c1-5-2-3-6(11)9(13)8(5)7(12)4-10;/h2-3,7,13H,4,10-12H2,1H3;1H/t7-;/m0./s1. The van der Waals surface area contributed by atoms with Gasteiger partial charge < -0.3 is 22.3 Å². The van der Waals surface area contributed by atoms with E-state index < -0.39 is 0 Å². The third kappa shape index (κ3) is 2.29. The molecular formula is C9H16ClN3O. The number of phenolic OH excluding ortho intramolecular Hbond substituents is 1. The lowest BCUT2D eigenvalue weighted by Gasteiger charge is -2.15. The number of benzene rings is 1. The summed E-state index contributed by atoms with van der Waals surface area (Å²) < 4.78 is 0. The van der Waals surface area contributed by atoms with Crippen molar-refractivity contribution >= 4 is 18.1 Å². The molecule has 0 radical (unpaired) electrons. The normalized spacial score (nSPS) is 11.9. The number of phenols is 1. The molecule has 1 aromatic rings. The van der Waals surface area contributed by atoms with E-state index in [1.807, 2.05) is 13.0 Å². The molecule has 0 bridgehead atoms. The molecule has 0 unspecified atom stereocenters. The summed E-state index contributed by atoms with van der Waals surface area (Å²) in [4.78, 5) is 0. The van der Waals surface area contributed by atoms with Gasteiger partial charge in [0.2, 0.25) is 0 Å². The van der Waals surface area contributed by atoms with Crippen LogP contribution in [0.4, 0.5) is 5.69 Å². The van der Waals surface area contributed by atoms with E-state index in [0.717, 1.165) is 5.56 Å². The summed E-state index contributed by atoms with van der Waals surface area (Å²) in [5.41, 5.74) is 18.6. The van der Waals surface area contributed by atoms with E-state index in [2.05, 4.69) is 0 Å². The number of rotatable bonds is 2. The van der Waals surface area contributed by atoms with Gasteiger partial charge >= 0.3 is 0 Å². The van der Waals surface area contributed by atoms with Gasteiger partial charge in [0.25, 0.3) is 0 Å². The Kier molecular flexibility index (Phi) is 4.70. The van der Waals surface area contributed by atoms with Crippen LogP contribution in [0, 0.1) is 6.92 Å². The summed E-state index contributed by atoms with van der Waals surface area (Å²) in [7, 11) is 0. The van der Waals surface area contributed by atoms with E-state index >= 15 is 0 Å². The van der Waals surface area contributed by atoms with Gasteiger partial charge in [-0.3, -0.25) is 0 Å². The van der Waals surface area contributed by atoms with Crippen molar-refractivity contribution in [3.8, 4) is 5.75 Å². The number of hydrogen-bond acceptors (Lipinski definition) is 4.